The first-order chi connectivity index (χ1) is 10.6. The highest BCUT2D eigenvalue weighted by Gasteiger charge is 2.20. The molecule has 0 saturated carbocycles. The van der Waals surface area contributed by atoms with Crippen molar-refractivity contribution in [3.05, 3.63) is 81.0 Å². The summed E-state index contributed by atoms with van der Waals surface area (Å²) in [6.07, 6.45) is 3.97. The zero-order valence-corrected chi connectivity index (χ0v) is 15.2. The molecule has 114 valence electrons. The van der Waals surface area contributed by atoms with E-state index < -0.39 is 0 Å². The summed E-state index contributed by atoms with van der Waals surface area (Å²) < 4.78 is 1.09. The lowest BCUT2D eigenvalue weighted by molar-refractivity contribution is 0.910. The number of halogens is 1. The highest BCUT2D eigenvalue weighted by Crippen LogP contribution is 2.36. The van der Waals surface area contributed by atoms with E-state index in [1.54, 1.807) is 0 Å². The Labute approximate surface area is 141 Å². The normalized spacial score (nSPS) is 13.6. The molecule has 0 saturated heterocycles. The Hall–Kier alpha value is -1.67. The minimum Gasteiger partial charge on any atom is -0.265 e. The van der Waals surface area contributed by atoms with Crippen LogP contribution >= 0.6 is 15.9 Å². The molecule has 0 aliphatic rings. The summed E-state index contributed by atoms with van der Waals surface area (Å²) in [4.78, 5) is 4.62. The standard InChI is InChI=1S/C20H22BrN/c1-5-19(22-6-2)20(16-10-8-11-17(21)13-16)18-12-7-9-14(3)15(18)4/h5-13,20H,1-4H3/b19-5-,22-6?. The summed E-state index contributed by atoms with van der Waals surface area (Å²) in [5, 5.41) is 0. The summed E-state index contributed by atoms with van der Waals surface area (Å²) in [5.74, 6) is 0.151. The number of aryl methyl sites for hydroxylation is 1. The number of benzene rings is 2. The lowest BCUT2D eigenvalue weighted by Gasteiger charge is -2.22. The molecule has 2 rings (SSSR count). The highest BCUT2D eigenvalue weighted by atomic mass is 79.9. The minimum atomic E-state index is 0.151. The molecular weight excluding hydrogens is 334 g/mol. The van der Waals surface area contributed by atoms with Crippen LogP contribution in [0.3, 0.4) is 0 Å². The lowest BCUT2D eigenvalue weighted by atomic mass is 9.84. The van der Waals surface area contributed by atoms with Crippen molar-refractivity contribution in [3.8, 4) is 0 Å². The van der Waals surface area contributed by atoms with Crippen molar-refractivity contribution < 1.29 is 0 Å². The monoisotopic (exact) mass is 355 g/mol. The fourth-order valence-corrected chi connectivity index (χ4v) is 3.16. The van der Waals surface area contributed by atoms with Crippen LogP contribution in [0.2, 0.25) is 0 Å². The summed E-state index contributed by atoms with van der Waals surface area (Å²) in [7, 11) is 0. The molecule has 1 atom stereocenters. The number of hydrogen-bond acceptors (Lipinski definition) is 1. The van der Waals surface area contributed by atoms with Gasteiger partial charge in [0.2, 0.25) is 0 Å². The largest absolute Gasteiger partial charge is 0.265 e. The Kier molecular flexibility index (Phi) is 5.73. The second-order valence-electron chi connectivity index (χ2n) is 5.38. The zero-order chi connectivity index (χ0) is 16.1. The molecule has 0 bridgehead atoms. The van der Waals surface area contributed by atoms with Gasteiger partial charge >= 0.3 is 0 Å². The summed E-state index contributed by atoms with van der Waals surface area (Å²) >= 11 is 3.59. The van der Waals surface area contributed by atoms with E-state index in [0.29, 0.717) is 0 Å². The van der Waals surface area contributed by atoms with Gasteiger partial charge in [0.1, 0.15) is 0 Å². The van der Waals surface area contributed by atoms with Gasteiger partial charge in [0.25, 0.3) is 0 Å². The maximum atomic E-state index is 4.62. The van der Waals surface area contributed by atoms with E-state index >= 15 is 0 Å². The third-order valence-electron chi connectivity index (χ3n) is 4.01. The maximum Gasteiger partial charge on any atom is 0.0512 e. The Morgan fingerprint density at radius 2 is 1.82 bits per heavy atom. The average Bonchev–Trinajstić information content (AvgIpc) is 2.51. The Bertz CT molecular complexity index is 713. The van der Waals surface area contributed by atoms with Gasteiger partial charge in [-0.1, -0.05) is 52.3 Å². The van der Waals surface area contributed by atoms with Gasteiger partial charge in [-0.2, -0.15) is 0 Å². The average molecular weight is 356 g/mol. The van der Waals surface area contributed by atoms with Crippen molar-refractivity contribution in [2.24, 2.45) is 4.99 Å². The number of allylic oxidation sites excluding steroid dienone is 2. The molecule has 22 heavy (non-hydrogen) atoms. The summed E-state index contributed by atoms with van der Waals surface area (Å²) in [5.41, 5.74) is 6.29. The van der Waals surface area contributed by atoms with Gasteiger partial charge in [0, 0.05) is 16.4 Å². The van der Waals surface area contributed by atoms with Crippen LogP contribution in [0.1, 0.15) is 42.0 Å². The first kappa shape index (κ1) is 16.7. The van der Waals surface area contributed by atoms with Crippen LogP contribution in [0.25, 0.3) is 0 Å². The molecule has 0 fully saturated rings. The molecule has 2 heteroatoms. The van der Waals surface area contributed by atoms with Gasteiger partial charge in [0.05, 0.1) is 5.92 Å². The topological polar surface area (TPSA) is 12.4 Å². The van der Waals surface area contributed by atoms with Crippen LogP contribution < -0.4 is 0 Å². The van der Waals surface area contributed by atoms with Gasteiger partial charge in [-0.05, 0) is 62.1 Å². The first-order valence-electron chi connectivity index (χ1n) is 7.55. The molecule has 0 spiro atoms. The van der Waals surface area contributed by atoms with Gasteiger partial charge in [0.15, 0.2) is 0 Å². The van der Waals surface area contributed by atoms with Gasteiger partial charge in [-0.15, -0.1) is 0 Å². The first-order valence-corrected chi connectivity index (χ1v) is 8.34. The smallest absolute Gasteiger partial charge is 0.0512 e. The molecule has 0 N–H and O–H groups in total. The molecule has 0 aromatic heterocycles. The number of aliphatic imine (C=N–C) groups is 1. The molecule has 0 amide bonds. The number of hydrogen-bond donors (Lipinski definition) is 0. The second-order valence-corrected chi connectivity index (χ2v) is 6.29. The number of nitrogens with zero attached hydrogens (tertiary/aromatic N) is 1. The fraction of sp³-hybridized carbons (Fsp3) is 0.250. The molecule has 1 unspecified atom stereocenters. The van der Waals surface area contributed by atoms with E-state index in [4.69, 9.17) is 0 Å². The Balaban J connectivity index is 2.67. The molecule has 0 radical (unpaired) electrons. The third kappa shape index (κ3) is 3.56. The van der Waals surface area contributed by atoms with E-state index in [0.717, 1.165) is 10.2 Å². The highest BCUT2D eigenvalue weighted by molar-refractivity contribution is 9.10. The van der Waals surface area contributed by atoms with Crippen molar-refractivity contribution in [3.63, 3.8) is 0 Å². The molecule has 0 aliphatic heterocycles. The van der Waals surface area contributed by atoms with Crippen molar-refractivity contribution in [1.29, 1.82) is 0 Å². The fourth-order valence-electron chi connectivity index (χ4n) is 2.75. The van der Waals surface area contributed by atoms with Gasteiger partial charge < -0.3 is 0 Å². The third-order valence-corrected chi connectivity index (χ3v) is 4.50. The molecule has 2 aromatic carbocycles. The van der Waals surface area contributed by atoms with Crippen LogP contribution in [0.4, 0.5) is 0 Å². The predicted molar refractivity (Wildman–Crippen MR) is 99.8 cm³/mol. The van der Waals surface area contributed by atoms with E-state index in [1.807, 2.05) is 13.1 Å². The predicted octanol–water partition coefficient (Wildman–Crippen LogP) is 6.19. The van der Waals surface area contributed by atoms with Crippen molar-refractivity contribution in [2.75, 3.05) is 0 Å². The molecule has 0 heterocycles. The van der Waals surface area contributed by atoms with Gasteiger partial charge in [-0.25, -0.2) is 0 Å². The van der Waals surface area contributed by atoms with Crippen LogP contribution in [-0.4, -0.2) is 6.21 Å². The quantitative estimate of drug-likeness (QED) is 0.579. The van der Waals surface area contributed by atoms with Crippen molar-refractivity contribution in [1.82, 2.24) is 0 Å². The van der Waals surface area contributed by atoms with E-state index in [2.05, 4.69) is 90.2 Å². The lowest BCUT2D eigenvalue weighted by Crippen LogP contribution is -2.07. The molecular formula is C20H22BrN. The minimum absolute atomic E-state index is 0.151. The van der Waals surface area contributed by atoms with Crippen molar-refractivity contribution in [2.45, 2.75) is 33.6 Å². The van der Waals surface area contributed by atoms with E-state index in [1.165, 1.54) is 22.3 Å². The molecule has 2 aromatic rings. The van der Waals surface area contributed by atoms with E-state index in [-0.39, 0.29) is 5.92 Å². The van der Waals surface area contributed by atoms with Crippen LogP contribution in [0, 0.1) is 13.8 Å². The SMILES string of the molecule is CC=N/C(=C\C)C(c1cccc(Br)c1)c1cccc(C)c1C. The summed E-state index contributed by atoms with van der Waals surface area (Å²) in [6.45, 7) is 8.37. The Morgan fingerprint density at radius 1 is 1.09 bits per heavy atom. The number of rotatable bonds is 4. The molecule has 1 nitrogen and oxygen atoms in total. The van der Waals surface area contributed by atoms with Crippen LogP contribution in [0.15, 0.2) is 63.7 Å². The second kappa shape index (κ2) is 7.55. The van der Waals surface area contributed by atoms with Crippen molar-refractivity contribution >= 4 is 22.1 Å². The summed E-state index contributed by atoms with van der Waals surface area (Å²) in [6, 6.07) is 15.0. The van der Waals surface area contributed by atoms with Gasteiger partial charge in [-0.3, -0.25) is 4.99 Å². The van der Waals surface area contributed by atoms with Crippen LogP contribution in [0.5, 0.6) is 0 Å². The molecule has 0 aliphatic carbocycles. The maximum absolute atomic E-state index is 4.62. The Morgan fingerprint density at radius 3 is 2.45 bits per heavy atom. The zero-order valence-electron chi connectivity index (χ0n) is 13.6. The van der Waals surface area contributed by atoms with Crippen LogP contribution in [-0.2, 0) is 0 Å². The van der Waals surface area contributed by atoms with E-state index in [9.17, 15) is 0 Å².